The van der Waals surface area contributed by atoms with Crippen LogP contribution in [-0.2, 0) is 0 Å². The summed E-state index contributed by atoms with van der Waals surface area (Å²) in [4.78, 5) is 1.69. The quantitative estimate of drug-likeness (QED) is 0.430. The van der Waals surface area contributed by atoms with Crippen molar-refractivity contribution in [1.29, 1.82) is 0 Å². The highest BCUT2D eigenvalue weighted by atomic mass is 19.4. The van der Waals surface area contributed by atoms with Crippen molar-refractivity contribution >= 4 is 6.71 Å². The molecule has 18 heavy (non-hydrogen) atoms. The molecule has 8 heteroatoms. The van der Waals surface area contributed by atoms with Crippen molar-refractivity contribution in [1.82, 2.24) is 4.90 Å². The Kier molecular flexibility index (Phi) is 5.77. The maximum Gasteiger partial charge on any atom is 0.404 e. The van der Waals surface area contributed by atoms with Crippen LogP contribution >= 0.6 is 0 Å². The Balaban J connectivity index is 4.92. The van der Waals surface area contributed by atoms with Crippen LogP contribution in [0.15, 0.2) is 11.6 Å². The molecule has 0 spiro atoms. The van der Waals surface area contributed by atoms with E-state index >= 15 is 0 Å². The second-order valence-corrected chi connectivity index (χ2v) is 4.56. The lowest BCUT2D eigenvalue weighted by Crippen LogP contribution is -2.47. The third kappa shape index (κ3) is 5.79. The SMILES string of the molecule is C/C(=C/C(C)N(C)C)CB(C(F)(F)F)C(F)(F)F. The largest absolute Gasteiger partial charge is 0.404 e. The van der Waals surface area contributed by atoms with Crippen LogP contribution in [-0.4, -0.2) is 43.9 Å². The van der Waals surface area contributed by atoms with E-state index < -0.39 is 25.2 Å². The van der Waals surface area contributed by atoms with Gasteiger partial charge in [-0.05, 0) is 34.3 Å². The predicted molar refractivity (Wildman–Crippen MR) is 59.6 cm³/mol. The number of allylic oxidation sites excluding steroid dienone is 1. The summed E-state index contributed by atoms with van der Waals surface area (Å²) in [5.41, 5.74) is 0.0795. The minimum absolute atomic E-state index is 0.0795. The Bertz CT molecular complexity index is 280. The lowest BCUT2D eigenvalue weighted by atomic mass is 9.44. The van der Waals surface area contributed by atoms with E-state index in [2.05, 4.69) is 0 Å². The van der Waals surface area contributed by atoms with Gasteiger partial charge in [-0.1, -0.05) is 11.6 Å². The molecule has 0 N–H and O–H groups in total. The van der Waals surface area contributed by atoms with E-state index in [1.54, 1.807) is 25.9 Å². The van der Waals surface area contributed by atoms with Crippen LogP contribution in [0.4, 0.5) is 26.3 Å². The van der Waals surface area contributed by atoms with E-state index in [-0.39, 0.29) is 11.6 Å². The molecule has 0 heterocycles. The van der Waals surface area contributed by atoms with Crippen LogP contribution in [0.5, 0.6) is 0 Å². The summed E-state index contributed by atoms with van der Waals surface area (Å²) in [7, 11) is 3.39. The highest BCUT2D eigenvalue weighted by Crippen LogP contribution is 2.35. The van der Waals surface area contributed by atoms with Crippen LogP contribution in [0.3, 0.4) is 0 Å². The molecule has 0 amide bonds. The summed E-state index contributed by atoms with van der Waals surface area (Å²) in [6.45, 7) is -0.319. The van der Waals surface area contributed by atoms with Gasteiger partial charge in [0.2, 0.25) is 0 Å². The topological polar surface area (TPSA) is 3.24 Å². The molecule has 0 radical (unpaired) electrons. The van der Waals surface area contributed by atoms with Gasteiger partial charge < -0.3 is 4.90 Å². The van der Waals surface area contributed by atoms with Gasteiger partial charge in [0.15, 0.2) is 0 Å². The summed E-state index contributed by atoms with van der Waals surface area (Å²) in [5.74, 6) is 0. The molecule has 0 saturated heterocycles. The van der Waals surface area contributed by atoms with E-state index in [1.807, 2.05) is 0 Å². The lowest BCUT2D eigenvalue weighted by Gasteiger charge is -2.21. The molecule has 0 aliphatic carbocycles. The fourth-order valence-electron chi connectivity index (χ4n) is 1.37. The van der Waals surface area contributed by atoms with Gasteiger partial charge in [-0.3, -0.25) is 0 Å². The Hall–Kier alpha value is -0.655. The van der Waals surface area contributed by atoms with Crippen molar-refractivity contribution < 1.29 is 26.3 Å². The van der Waals surface area contributed by atoms with E-state index in [4.69, 9.17) is 0 Å². The number of alkyl halides is 6. The Morgan fingerprint density at radius 1 is 1.11 bits per heavy atom. The Labute approximate surface area is 103 Å². The summed E-state index contributed by atoms with van der Waals surface area (Å²) in [5, 5.41) is 0. The highest BCUT2D eigenvalue weighted by molar-refractivity contribution is 6.63. The van der Waals surface area contributed by atoms with Crippen molar-refractivity contribution in [3.05, 3.63) is 11.6 Å². The summed E-state index contributed by atoms with van der Waals surface area (Å²) in [6.07, 6.45) is -10.2. The summed E-state index contributed by atoms with van der Waals surface area (Å²) in [6, 6.07) is -0.216. The molecule has 1 atom stereocenters. The predicted octanol–water partition coefficient (Wildman–Crippen LogP) is 3.58. The van der Waals surface area contributed by atoms with E-state index in [9.17, 15) is 26.3 Å². The molecule has 0 aromatic rings. The minimum atomic E-state index is -5.27. The molecule has 1 unspecified atom stereocenters. The molecular weight excluding hydrogens is 259 g/mol. The fraction of sp³-hybridized carbons (Fsp3) is 0.800. The van der Waals surface area contributed by atoms with Crippen molar-refractivity contribution in [2.24, 2.45) is 0 Å². The van der Waals surface area contributed by atoms with Crippen LogP contribution in [0.1, 0.15) is 13.8 Å². The Morgan fingerprint density at radius 3 is 1.78 bits per heavy atom. The van der Waals surface area contributed by atoms with Gasteiger partial charge in [-0.2, -0.15) is 26.3 Å². The van der Waals surface area contributed by atoms with Crippen LogP contribution < -0.4 is 0 Å². The average Bonchev–Trinajstić information content (AvgIpc) is 2.10. The number of likely N-dealkylation sites (N-methyl/N-ethyl adjacent to an activating group) is 1. The van der Waals surface area contributed by atoms with Gasteiger partial charge >= 0.3 is 18.9 Å². The zero-order chi connectivity index (χ0) is 14.7. The molecule has 106 valence electrons. The zero-order valence-corrected chi connectivity index (χ0v) is 10.7. The van der Waals surface area contributed by atoms with Crippen LogP contribution in [0, 0.1) is 0 Å². The maximum absolute atomic E-state index is 12.3. The van der Waals surface area contributed by atoms with Gasteiger partial charge in [0.05, 0.1) is 0 Å². The first-order valence-corrected chi connectivity index (χ1v) is 5.33. The molecule has 1 nitrogen and oxygen atoms in total. The molecule has 0 rings (SSSR count). The van der Waals surface area contributed by atoms with Gasteiger partial charge in [-0.15, -0.1) is 0 Å². The maximum atomic E-state index is 12.3. The highest BCUT2D eigenvalue weighted by Gasteiger charge is 2.60. The second kappa shape index (κ2) is 5.99. The third-order valence-electron chi connectivity index (χ3n) is 2.66. The van der Waals surface area contributed by atoms with Gasteiger partial charge in [0.25, 0.3) is 0 Å². The minimum Gasteiger partial charge on any atom is -0.303 e. The average molecular weight is 275 g/mol. The van der Waals surface area contributed by atoms with E-state index in [1.165, 1.54) is 13.0 Å². The molecule has 0 aromatic heterocycles. The lowest BCUT2D eigenvalue weighted by molar-refractivity contribution is -0.104. The van der Waals surface area contributed by atoms with Gasteiger partial charge in [0.1, 0.15) is 0 Å². The van der Waals surface area contributed by atoms with Crippen molar-refractivity contribution in [2.45, 2.75) is 38.4 Å². The molecule has 0 bridgehead atoms. The first-order chi connectivity index (χ1) is 7.85. The zero-order valence-electron chi connectivity index (χ0n) is 10.7. The number of hydrogen-bond donors (Lipinski definition) is 0. The standard InChI is InChI=1S/C10H16BF6N/c1-7(5-8(2)18(3)4)6-11(9(12,13)14)10(15,16)17/h5,8H,6H2,1-4H3/b7-5-. The molecular formula is C10H16BF6N. The van der Waals surface area contributed by atoms with Gasteiger partial charge in [-0.25, -0.2) is 0 Å². The third-order valence-corrected chi connectivity index (χ3v) is 2.66. The Morgan fingerprint density at radius 2 is 1.50 bits per heavy atom. The number of hydrogen-bond acceptors (Lipinski definition) is 1. The van der Waals surface area contributed by atoms with Crippen molar-refractivity contribution in [2.75, 3.05) is 14.1 Å². The summed E-state index contributed by atoms with van der Waals surface area (Å²) < 4.78 is 73.9. The monoisotopic (exact) mass is 275 g/mol. The van der Waals surface area contributed by atoms with Crippen molar-refractivity contribution in [3.63, 3.8) is 0 Å². The first kappa shape index (κ1) is 17.3. The number of halogens is 6. The van der Waals surface area contributed by atoms with E-state index in [0.29, 0.717) is 0 Å². The molecule has 0 fully saturated rings. The fourth-order valence-corrected chi connectivity index (χ4v) is 1.37. The first-order valence-electron chi connectivity index (χ1n) is 5.33. The van der Waals surface area contributed by atoms with Crippen LogP contribution in [0.2, 0.25) is 6.32 Å². The molecule has 0 saturated carbocycles. The molecule has 0 aromatic carbocycles. The van der Waals surface area contributed by atoms with Crippen molar-refractivity contribution in [3.8, 4) is 0 Å². The summed E-state index contributed by atoms with van der Waals surface area (Å²) >= 11 is 0. The second-order valence-electron chi connectivity index (χ2n) is 4.56. The normalized spacial score (nSPS) is 16.1. The molecule has 0 aliphatic rings. The smallest absolute Gasteiger partial charge is 0.303 e. The molecule has 0 aliphatic heterocycles. The number of nitrogens with zero attached hydrogens (tertiary/aromatic N) is 1. The number of rotatable bonds is 4. The van der Waals surface area contributed by atoms with Gasteiger partial charge in [0, 0.05) is 6.04 Å². The van der Waals surface area contributed by atoms with Crippen LogP contribution in [0.25, 0.3) is 0 Å². The van der Waals surface area contributed by atoms with E-state index in [0.717, 1.165) is 0 Å².